The number of likely N-dealkylation sites (tertiary alicyclic amines) is 1. The summed E-state index contributed by atoms with van der Waals surface area (Å²) in [6, 6.07) is 12.7. The van der Waals surface area contributed by atoms with Gasteiger partial charge in [0.2, 0.25) is 11.8 Å². The van der Waals surface area contributed by atoms with Gasteiger partial charge in [0, 0.05) is 30.9 Å². The maximum atomic E-state index is 13.3. The maximum absolute atomic E-state index is 13.3. The molecule has 0 radical (unpaired) electrons. The Kier molecular flexibility index (Phi) is 7.11. The van der Waals surface area contributed by atoms with Gasteiger partial charge in [-0.2, -0.15) is 0 Å². The summed E-state index contributed by atoms with van der Waals surface area (Å²) in [4.78, 5) is 29.4. The van der Waals surface area contributed by atoms with Crippen LogP contribution in [0, 0.1) is 11.3 Å². The summed E-state index contributed by atoms with van der Waals surface area (Å²) < 4.78 is 0. The minimum absolute atomic E-state index is 0.138. The van der Waals surface area contributed by atoms with E-state index in [4.69, 9.17) is 0 Å². The predicted octanol–water partition coefficient (Wildman–Crippen LogP) is 5.28. The Morgan fingerprint density at radius 3 is 2.52 bits per heavy atom. The van der Waals surface area contributed by atoms with Crippen LogP contribution < -0.4 is 5.32 Å². The molecule has 1 aromatic carbocycles. The lowest BCUT2D eigenvalue weighted by atomic mass is 9.72. The molecule has 0 spiro atoms. The maximum Gasteiger partial charge on any atom is 0.226 e. The number of piperidine rings is 1. The number of rotatable bonds is 7. The Bertz CT molecular complexity index is 879. The average Bonchev–Trinajstić information content (AvgIpc) is 3.49. The van der Waals surface area contributed by atoms with Crippen molar-refractivity contribution < 1.29 is 9.59 Å². The minimum atomic E-state index is -0.451. The van der Waals surface area contributed by atoms with E-state index in [1.165, 1.54) is 41.7 Å². The second-order valence-electron chi connectivity index (χ2n) is 9.19. The predicted molar refractivity (Wildman–Crippen MR) is 127 cm³/mol. The van der Waals surface area contributed by atoms with Gasteiger partial charge in [-0.3, -0.25) is 9.59 Å². The Hall–Kier alpha value is -2.14. The standard InChI is InChI=1S/C26H34N2O2S/c1-2-27-25(30)26(19-21-10-5-6-11-22(21)23-12-7-17-31-23)13-15-28(16-14-26)24(29)18-20-8-3-4-9-20/h5-7,10-12,17,20H,2-4,8-9,13-16,18-19H2,1H3,(H,27,30). The summed E-state index contributed by atoms with van der Waals surface area (Å²) in [7, 11) is 0. The molecule has 1 aromatic heterocycles. The normalized spacial score (nSPS) is 18.8. The summed E-state index contributed by atoms with van der Waals surface area (Å²) in [5.74, 6) is 0.995. The molecular weight excluding hydrogens is 404 g/mol. The minimum Gasteiger partial charge on any atom is -0.356 e. The lowest BCUT2D eigenvalue weighted by molar-refractivity contribution is -0.141. The van der Waals surface area contributed by atoms with Crippen LogP contribution in [0.5, 0.6) is 0 Å². The number of hydrogen-bond acceptors (Lipinski definition) is 3. The molecule has 1 saturated carbocycles. The van der Waals surface area contributed by atoms with E-state index >= 15 is 0 Å². The molecule has 4 rings (SSSR count). The van der Waals surface area contributed by atoms with Crippen molar-refractivity contribution in [2.24, 2.45) is 11.3 Å². The third kappa shape index (κ3) is 5.03. The van der Waals surface area contributed by atoms with Crippen molar-refractivity contribution in [2.45, 2.75) is 58.3 Å². The smallest absolute Gasteiger partial charge is 0.226 e. The van der Waals surface area contributed by atoms with Gasteiger partial charge in [-0.15, -0.1) is 11.3 Å². The molecule has 1 aliphatic carbocycles. The first-order chi connectivity index (χ1) is 15.1. The molecule has 1 aliphatic heterocycles. The molecule has 2 aromatic rings. The highest BCUT2D eigenvalue weighted by Gasteiger charge is 2.42. The number of amides is 2. The van der Waals surface area contributed by atoms with E-state index in [1.54, 1.807) is 11.3 Å². The fourth-order valence-electron chi connectivity index (χ4n) is 5.32. The first-order valence-electron chi connectivity index (χ1n) is 11.8. The quantitative estimate of drug-likeness (QED) is 0.639. The fraction of sp³-hybridized carbons (Fsp3) is 0.538. The Balaban J connectivity index is 1.50. The van der Waals surface area contributed by atoms with Crippen molar-refractivity contribution in [3.05, 3.63) is 47.3 Å². The van der Waals surface area contributed by atoms with Gasteiger partial charge in [0.25, 0.3) is 0 Å². The van der Waals surface area contributed by atoms with Gasteiger partial charge in [0.05, 0.1) is 5.41 Å². The van der Waals surface area contributed by atoms with E-state index < -0.39 is 5.41 Å². The average molecular weight is 439 g/mol. The zero-order valence-corrected chi connectivity index (χ0v) is 19.4. The molecule has 1 saturated heterocycles. The van der Waals surface area contributed by atoms with Crippen LogP contribution in [0.4, 0.5) is 0 Å². The molecule has 2 aliphatic rings. The van der Waals surface area contributed by atoms with Gasteiger partial charge in [0.1, 0.15) is 0 Å². The van der Waals surface area contributed by atoms with Crippen molar-refractivity contribution in [1.29, 1.82) is 0 Å². The molecule has 0 bridgehead atoms. The molecule has 2 fully saturated rings. The molecule has 31 heavy (non-hydrogen) atoms. The third-order valence-electron chi connectivity index (χ3n) is 7.16. The summed E-state index contributed by atoms with van der Waals surface area (Å²) in [5.41, 5.74) is 2.00. The molecule has 4 nitrogen and oxygen atoms in total. The molecule has 2 amide bonds. The highest BCUT2D eigenvalue weighted by molar-refractivity contribution is 7.13. The van der Waals surface area contributed by atoms with Crippen LogP contribution in [0.1, 0.15) is 57.4 Å². The number of benzene rings is 1. The van der Waals surface area contributed by atoms with E-state index in [1.807, 2.05) is 11.8 Å². The molecule has 2 heterocycles. The summed E-state index contributed by atoms with van der Waals surface area (Å²) in [6.45, 7) is 3.98. The lowest BCUT2D eigenvalue weighted by Gasteiger charge is -2.41. The number of carbonyl (C=O) groups is 2. The van der Waals surface area contributed by atoms with E-state index in [2.05, 4.69) is 47.1 Å². The van der Waals surface area contributed by atoms with Gasteiger partial charge in [-0.1, -0.05) is 43.2 Å². The van der Waals surface area contributed by atoms with Crippen LogP contribution in [0.15, 0.2) is 41.8 Å². The second kappa shape index (κ2) is 9.99. The monoisotopic (exact) mass is 438 g/mol. The zero-order valence-electron chi connectivity index (χ0n) is 18.6. The largest absolute Gasteiger partial charge is 0.356 e. The number of hydrogen-bond donors (Lipinski definition) is 1. The van der Waals surface area contributed by atoms with Gasteiger partial charge in [-0.25, -0.2) is 0 Å². The van der Waals surface area contributed by atoms with Crippen LogP contribution in [0.2, 0.25) is 0 Å². The summed E-state index contributed by atoms with van der Waals surface area (Å²) in [5, 5.41) is 5.19. The third-order valence-corrected chi connectivity index (χ3v) is 8.07. The van der Waals surface area contributed by atoms with E-state index in [0.29, 0.717) is 32.0 Å². The number of thiophene rings is 1. The first kappa shape index (κ1) is 22.1. The van der Waals surface area contributed by atoms with E-state index in [9.17, 15) is 9.59 Å². The van der Waals surface area contributed by atoms with Gasteiger partial charge < -0.3 is 10.2 Å². The topological polar surface area (TPSA) is 49.4 Å². The van der Waals surface area contributed by atoms with Gasteiger partial charge in [-0.05, 0) is 67.5 Å². The number of nitrogens with one attached hydrogen (secondary N) is 1. The van der Waals surface area contributed by atoms with E-state index in [0.717, 1.165) is 19.3 Å². The fourth-order valence-corrected chi connectivity index (χ4v) is 6.11. The van der Waals surface area contributed by atoms with Crippen LogP contribution in [-0.2, 0) is 16.0 Å². The van der Waals surface area contributed by atoms with Crippen LogP contribution in [0.25, 0.3) is 10.4 Å². The number of nitrogens with zero attached hydrogens (tertiary/aromatic N) is 1. The summed E-state index contributed by atoms with van der Waals surface area (Å²) in [6.07, 6.45) is 7.79. The van der Waals surface area contributed by atoms with Gasteiger partial charge in [0.15, 0.2) is 0 Å². The van der Waals surface area contributed by atoms with Crippen molar-refractivity contribution >= 4 is 23.2 Å². The Morgan fingerprint density at radius 2 is 1.84 bits per heavy atom. The molecule has 0 unspecified atom stereocenters. The van der Waals surface area contributed by atoms with E-state index in [-0.39, 0.29) is 11.8 Å². The molecule has 1 N–H and O–H groups in total. The van der Waals surface area contributed by atoms with Crippen molar-refractivity contribution in [3.8, 4) is 10.4 Å². The van der Waals surface area contributed by atoms with Crippen LogP contribution in [-0.4, -0.2) is 36.3 Å². The van der Waals surface area contributed by atoms with Crippen LogP contribution >= 0.6 is 11.3 Å². The highest BCUT2D eigenvalue weighted by atomic mass is 32.1. The zero-order chi connectivity index (χ0) is 21.7. The first-order valence-corrected chi connectivity index (χ1v) is 12.7. The van der Waals surface area contributed by atoms with Crippen molar-refractivity contribution in [3.63, 3.8) is 0 Å². The molecule has 166 valence electrons. The lowest BCUT2D eigenvalue weighted by Crippen LogP contribution is -2.51. The summed E-state index contributed by atoms with van der Waals surface area (Å²) >= 11 is 1.74. The molecule has 5 heteroatoms. The SMILES string of the molecule is CCNC(=O)C1(Cc2ccccc2-c2cccs2)CCN(C(=O)CC2CCCC2)CC1. The Labute approximate surface area is 190 Å². The molecular formula is C26H34N2O2S. The van der Waals surface area contributed by atoms with Crippen molar-refractivity contribution in [2.75, 3.05) is 19.6 Å². The highest BCUT2D eigenvalue weighted by Crippen LogP contribution is 2.39. The second-order valence-corrected chi connectivity index (χ2v) is 10.1. The number of carbonyl (C=O) groups excluding carboxylic acids is 2. The Morgan fingerprint density at radius 1 is 1.10 bits per heavy atom. The molecule has 0 atom stereocenters. The van der Waals surface area contributed by atoms with Crippen molar-refractivity contribution in [1.82, 2.24) is 10.2 Å². The van der Waals surface area contributed by atoms with Crippen LogP contribution in [0.3, 0.4) is 0 Å². The van der Waals surface area contributed by atoms with Gasteiger partial charge >= 0.3 is 0 Å².